The van der Waals surface area contributed by atoms with E-state index in [1.54, 1.807) is 36.4 Å². The first kappa shape index (κ1) is 22.5. The van der Waals surface area contributed by atoms with Gasteiger partial charge in [0, 0.05) is 22.8 Å². The largest absolute Gasteiger partial charge is 0.325 e. The summed E-state index contributed by atoms with van der Waals surface area (Å²) in [7, 11) is 0. The Morgan fingerprint density at radius 1 is 1.15 bits per heavy atom. The minimum atomic E-state index is -0.510. The Balaban J connectivity index is 1.63. The van der Waals surface area contributed by atoms with E-state index in [4.69, 9.17) is 11.6 Å². The van der Waals surface area contributed by atoms with Gasteiger partial charge in [-0.25, -0.2) is 4.98 Å². The Morgan fingerprint density at radius 3 is 2.58 bits per heavy atom. The Bertz CT molecular complexity index is 1440. The third-order valence-corrected chi connectivity index (χ3v) is 6.20. The fourth-order valence-electron chi connectivity index (χ4n) is 3.15. The second kappa shape index (κ2) is 9.43. The molecular weight excluding hydrogens is 464 g/mol. The molecule has 1 heterocycles. The highest BCUT2D eigenvalue weighted by atomic mass is 35.5. The van der Waals surface area contributed by atoms with E-state index in [-0.39, 0.29) is 22.9 Å². The summed E-state index contributed by atoms with van der Waals surface area (Å²) >= 11 is 7.39. The Morgan fingerprint density at radius 2 is 1.88 bits per heavy atom. The monoisotopic (exact) mass is 480 g/mol. The van der Waals surface area contributed by atoms with Gasteiger partial charge < -0.3 is 5.32 Å². The second-order valence-corrected chi connectivity index (χ2v) is 8.48. The highest BCUT2D eigenvalue weighted by Gasteiger charge is 2.16. The van der Waals surface area contributed by atoms with Crippen molar-refractivity contribution in [3.63, 3.8) is 0 Å². The van der Waals surface area contributed by atoms with Crippen LogP contribution >= 0.6 is 23.4 Å². The number of aryl methyl sites for hydroxylation is 1. The molecule has 33 heavy (non-hydrogen) atoms. The maximum Gasteiger partial charge on any atom is 0.269 e. The summed E-state index contributed by atoms with van der Waals surface area (Å²) in [6.07, 6.45) is 0. The van der Waals surface area contributed by atoms with Crippen molar-refractivity contribution in [2.24, 2.45) is 0 Å². The summed E-state index contributed by atoms with van der Waals surface area (Å²) < 4.78 is 1.44. The number of nitrogens with zero attached hydrogens (tertiary/aromatic N) is 3. The number of nitro benzene ring substituents is 1. The Kier molecular flexibility index (Phi) is 6.43. The van der Waals surface area contributed by atoms with Crippen LogP contribution in [0.25, 0.3) is 16.6 Å². The molecule has 0 aliphatic carbocycles. The van der Waals surface area contributed by atoms with E-state index in [1.807, 2.05) is 13.0 Å². The number of nitro groups is 1. The summed E-state index contributed by atoms with van der Waals surface area (Å²) in [4.78, 5) is 40.6. The van der Waals surface area contributed by atoms with Crippen molar-refractivity contribution in [2.45, 2.75) is 12.1 Å². The number of non-ortho nitro benzene ring substituents is 1. The molecule has 1 aromatic heterocycles. The number of hydrogen-bond acceptors (Lipinski definition) is 6. The van der Waals surface area contributed by atoms with Gasteiger partial charge in [0.2, 0.25) is 5.91 Å². The topological polar surface area (TPSA) is 107 Å². The van der Waals surface area contributed by atoms with Gasteiger partial charge in [0.15, 0.2) is 5.16 Å². The molecule has 0 bridgehead atoms. The van der Waals surface area contributed by atoms with Gasteiger partial charge in [-0.15, -0.1) is 0 Å². The molecular formula is C23H17ClN4O4S. The summed E-state index contributed by atoms with van der Waals surface area (Å²) in [6.45, 7) is 1.87. The molecule has 10 heteroatoms. The number of benzene rings is 3. The fraction of sp³-hybridized carbons (Fsp3) is 0.0870. The zero-order valence-electron chi connectivity index (χ0n) is 17.3. The Hall–Kier alpha value is -3.69. The molecule has 166 valence electrons. The van der Waals surface area contributed by atoms with Gasteiger partial charge in [-0.1, -0.05) is 41.6 Å². The van der Waals surface area contributed by atoms with Crippen molar-refractivity contribution in [3.8, 4) is 5.69 Å². The molecule has 0 atom stereocenters. The zero-order chi connectivity index (χ0) is 23.5. The highest BCUT2D eigenvalue weighted by Crippen LogP contribution is 2.25. The molecule has 0 aliphatic heterocycles. The minimum Gasteiger partial charge on any atom is -0.325 e. The van der Waals surface area contributed by atoms with E-state index in [2.05, 4.69) is 10.3 Å². The van der Waals surface area contributed by atoms with Gasteiger partial charge in [-0.2, -0.15) is 0 Å². The number of aromatic nitrogens is 2. The third-order valence-electron chi connectivity index (χ3n) is 4.85. The fourth-order valence-corrected chi connectivity index (χ4v) is 4.14. The summed E-state index contributed by atoms with van der Waals surface area (Å²) in [5.74, 6) is -0.369. The molecule has 1 amide bonds. The average molecular weight is 481 g/mol. The number of thioether (sulfide) groups is 1. The van der Waals surface area contributed by atoms with E-state index in [0.717, 1.165) is 17.3 Å². The summed E-state index contributed by atoms with van der Waals surface area (Å²) in [5, 5.41) is 14.8. The van der Waals surface area contributed by atoms with Gasteiger partial charge in [-0.05, 0) is 48.9 Å². The number of halogens is 1. The maximum atomic E-state index is 13.3. The predicted molar refractivity (Wildman–Crippen MR) is 130 cm³/mol. The zero-order valence-corrected chi connectivity index (χ0v) is 18.9. The third kappa shape index (κ3) is 4.89. The van der Waals surface area contributed by atoms with Crippen molar-refractivity contribution in [2.75, 3.05) is 11.1 Å². The second-order valence-electron chi connectivity index (χ2n) is 7.13. The van der Waals surface area contributed by atoms with Crippen LogP contribution in [-0.2, 0) is 4.79 Å². The molecule has 4 aromatic rings. The molecule has 4 rings (SSSR count). The number of nitrogens with one attached hydrogen (secondary N) is 1. The van der Waals surface area contributed by atoms with Gasteiger partial charge >= 0.3 is 0 Å². The quantitative estimate of drug-likeness (QED) is 0.180. The van der Waals surface area contributed by atoms with E-state index < -0.39 is 4.92 Å². The average Bonchev–Trinajstić information content (AvgIpc) is 2.80. The number of fused-ring (bicyclic) bond motifs is 1. The normalized spacial score (nSPS) is 10.8. The first-order valence-corrected chi connectivity index (χ1v) is 11.2. The smallest absolute Gasteiger partial charge is 0.269 e. The number of rotatable bonds is 6. The SMILES string of the molecule is Cc1ccc(-n2c(SCC(=O)Nc3ccc([N+](=O)[O-])cc3)nc3ccccc3c2=O)cc1Cl. The van der Waals surface area contributed by atoms with Crippen molar-refractivity contribution >= 4 is 51.5 Å². The number of amides is 1. The Labute approximate surface area is 197 Å². The van der Waals surface area contributed by atoms with Gasteiger partial charge in [0.05, 0.1) is 27.3 Å². The van der Waals surface area contributed by atoms with Crippen LogP contribution in [0.4, 0.5) is 11.4 Å². The van der Waals surface area contributed by atoms with Gasteiger partial charge in [0.25, 0.3) is 11.2 Å². The number of anilines is 1. The van der Waals surface area contributed by atoms with Crippen molar-refractivity contribution in [1.82, 2.24) is 9.55 Å². The summed E-state index contributed by atoms with van der Waals surface area (Å²) in [5.41, 5.74) is 2.05. The number of para-hydroxylation sites is 1. The lowest BCUT2D eigenvalue weighted by Crippen LogP contribution is -2.23. The molecule has 0 spiro atoms. The van der Waals surface area contributed by atoms with Gasteiger partial charge in [0.1, 0.15) is 0 Å². The number of carbonyl (C=O) groups excluding carboxylic acids is 1. The standard InChI is InChI=1S/C23H17ClN4O4S/c1-14-6-9-17(12-19(14)24)27-22(30)18-4-2-3-5-20(18)26-23(27)33-13-21(29)25-15-7-10-16(11-8-15)28(31)32/h2-12H,13H2,1H3,(H,25,29). The van der Waals surface area contributed by atoms with Crippen LogP contribution in [0, 0.1) is 17.0 Å². The predicted octanol–water partition coefficient (Wildman–Crippen LogP) is 4.99. The van der Waals surface area contributed by atoms with E-state index in [0.29, 0.717) is 32.5 Å². The van der Waals surface area contributed by atoms with Gasteiger partial charge in [-0.3, -0.25) is 24.3 Å². The molecule has 0 saturated carbocycles. The molecule has 1 N–H and O–H groups in total. The van der Waals surface area contributed by atoms with E-state index >= 15 is 0 Å². The van der Waals surface area contributed by atoms with Crippen molar-refractivity contribution in [3.05, 3.63) is 97.8 Å². The highest BCUT2D eigenvalue weighted by molar-refractivity contribution is 7.99. The van der Waals surface area contributed by atoms with Crippen LogP contribution in [0.3, 0.4) is 0 Å². The van der Waals surface area contributed by atoms with E-state index in [1.165, 1.54) is 28.8 Å². The van der Waals surface area contributed by atoms with Crippen LogP contribution in [0.2, 0.25) is 5.02 Å². The lowest BCUT2D eigenvalue weighted by atomic mass is 10.2. The van der Waals surface area contributed by atoms with Crippen molar-refractivity contribution in [1.29, 1.82) is 0 Å². The number of carbonyl (C=O) groups is 1. The molecule has 0 fully saturated rings. The van der Waals surface area contributed by atoms with Crippen LogP contribution < -0.4 is 10.9 Å². The summed E-state index contributed by atoms with van der Waals surface area (Å²) in [6, 6.07) is 17.8. The first-order valence-electron chi connectivity index (χ1n) is 9.79. The molecule has 3 aromatic carbocycles. The molecule has 0 unspecified atom stereocenters. The first-order chi connectivity index (χ1) is 15.8. The van der Waals surface area contributed by atoms with Crippen LogP contribution in [-0.4, -0.2) is 26.1 Å². The maximum absolute atomic E-state index is 13.3. The van der Waals surface area contributed by atoms with Crippen LogP contribution in [0.1, 0.15) is 5.56 Å². The van der Waals surface area contributed by atoms with Crippen molar-refractivity contribution < 1.29 is 9.72 Å². The lowest BCUT2D eigenvalue weighted by Gasteiger charge is -2.14. The van der Waals surface area contributed by atoms with Crippen LogP contribution in [0.5, 0.6) is 0 Å². The molecule has 0 radical (unpaired) electrons. The molecule has 0 aliphatic rings. The molecule has 0 saturated heterocycles. The lowest BCUT2D eigenvalue weighted by molar-refractivity contribution is -0.384. The number of hydrogen-bond donors (Lipinski definition) is 1. The van der Waals surface area contributed by atoms with E-state index in [9.17, 15) is 19.7 Å². The van der Waals surface area contributed by atoms with Crippen LogP contribution in [0.15, 0.2) is 76.7 Å². The molecule has 8 nitrogen and oxygen atoms in total. The minimum absolute atomic E-state index is 0.0264.